The lowest BCUT2D eigenvalue weighted by Gasteiger charge is -2.16. The van der Waals surface area contributed by atoms with E-state index in [9.17, 15) is 14.0 Å². The fourth-order valence-corrected chi connectivity index (χ4v) is 5.84. The maximum atomic E-state index is 14.8. The zero-order chi connectivity index (χ0) is 32.6. The van der Waals surface area contributed by atoms with Gasteiger partial charge in [0.15, 0.2) is 0 Å². The summed E-state index contributed by atoms with van der Waals surface area (Å²) in [6.45, 7) is 3.88. The number of benzene rings is 3. The van der Waals surface area contributed by atoms with Crippen LogP contribution in [0.2, 0.25) is 5.02 Å². The first-order chi connectivity index (χ1) is 22.3. The van der Waals surface area contributed by atoms with E-state index in [1.165, 1.54) is 12.1 Å². The number of aromatic nitrogens is 1. The molecule has 240 valence electrons. The second-order valence-corrected chi connectivity index (χ2v) is 11.5. The zero-order valence-electron chi connectivity index (χ0n) is 25.8. The van der Waals surface area contributed by atoms with Crippen LogP contribution in [0.1, 0.15) is 39.9 Å². The molecule has 1 fully saturated rings. The number of aliphatic hydroxyl groups excluding tert-OH is 1. The summed E-state index contributed by atoms with van der Waals surface area (Å²) in [6, 6.07) is 17.7. The minimum atomic E-state index is -0.629. The smallest absolute Gasteiger partial charge is 0.258 e. The summed E-state index contributed by atoms with van der Waals surface area (Å²) in [6.07, 6.45) is 3.08. The Balaban J connectivity index is 1.33. The minimum Gasteiger partial charge on any atom is -0.496 e. The number of hydrogen-bond donors (Lipinski definition) is 5. The van der Waals surface area contributed by atoms with Gasteiger partial charge in [-0.1, -0.05) is 41.9 Å². The molecule has 2 heterocycles. The van der Waals surface area contributed by atoms with E-state index in [1.54, 1.807) is 25.4 Å². The van der Waals surface area contributed by atoms with Crippen LogP contribution in [0.4, 0.5) is 10.1 Å². The largest absolute Gasteiger partial charge is 0.496 e. The summed E-state index contributed by atoms with van der Waals surface area (Å²) in [4.78, 5) is 29.1. The van der Waals surface area contributed by atoms with Gasteiger partial charge in [0.05, 0.1) is 30.0 Å². The van der Waals surface area contributed by atoms with Crippen LogP contribution >= 0.6 is 11.6 Å². The molecule has 0 bridgehead atoms. The Kier molecular flexibility index (Phi) is 11.0. The molecule has 0 unspecified atom stereocenters. The molecule has 11 heteroatoms. The van der Waals surface area contributed by atoms with Crippen LogP contribution in [0.15, 0.2) is 66.9 Å². The van der Waals surface area contributed by atoms with Gasteiger partial charge in [0.2, 0.25) is 5.91 Å². The van der Waals surface area contributed by atoms with Gasteiger partial charge in [0, 0.05) is 67.2 Å². The van der Waals surface area contributed by atoms with Crippen LogP contribution in [0.25, 0.3) is 22.4 Å². The lowest BCUT2D eigenvalue weighted by atomic mass is 9.97. The topological polar surface area (TPSA) is 125 Å². The minimum absolute atomic E-state index is 0.0159. The summed E-state index contributed by atoms with van der Waals surface area (Å²) in [5, 5.41) is 21.5. The van der Waals surface area contributed by atoms with Gasteiger partial charge in [-0.25, -0.2) is 4.39 Å². The SMILES string of the molecule is COc1cc(-c2nccc(-c3cccc(NC(=O)c4ccc(CNCCO)cc4F)c3C)c2Cl)ccc1CNC[C@H]1CCC(=O)N1. The number of hydrogen-bond acceptors (Lipinski definition) is 7. The molecule has 0 aliphatic carbocycles. The first-order valence-corrected chi connectivity index (χ1v) is 15.5. The third-order valence-electron chi connectivity index (χ3n) is 8.01. The Labute approximate surface area is 272 Å². The monoisotopic (exact) mass is 645 g/mol. The van der Waals surface area contributed by atoms with Crippen LogP contribution < -0.4 is 26.0 Å². The summed E-state index contributed by atoms with van der Waals surface area (Å²) in [5.74, 6) is -0.417. The molecule has 1 aromatic heterocycles. The highest BCUT2D eigenvalue weighted by molar-refractivity contribution is 6.35. The molecule has 1 saturated heterocycles. The van der Waals surface area contributed by atoms with E-state index in [4.69, 9.17) is 21.4 Å². The summed E-state index contributed by atoms with van der Waals surface area (Å²) in [7, 11) is 1.62. The molecule has 9 nitrogen and oxygen atoms in total. The third kappa shape index (κ3) is 7.71. The van der Waals surface area contributed by atoms with E-state index in [0.717, 1.165) is 34.2 Å². The molecule has 5 N–H and O–H groups in total. The van der Waals surface area contributed by atoms with Crippen molar-refractivity contribution >= 4 is 29.1 Å². The summed E-state index contributed by atoms with van der Waals surface area (Å²) >= 11 is 6.98. The molecule has 0 spiro atoms. The maximum absolute atomic E-state index is 14.8. The Morgan fingerprint density at radius 2 is 1.96 bits per heavy atom. The second kappa shape index (κ2) is 15.3. The molecule has 5 rings (SSSR count). The molecule has 1 aliphatic rings. The first kappa shape index (κ1) is 33.0. The van der Waals surface area contributed by atoms with Crippen molar-refractivity contribution < 1.29 is 23.8 Å². The fourth-order valence-electron chi connectivity index (χ4n) is 5.52. The van der Waals surface area contributed by atoms with E-state index in [1.807, 2.05) is 43.3 Å². The first-order valence-electron chi connectivity index (χ1n) is 15.1. The molecule has 4 aromatic rings. The highest BCUT2D eigenvalue weighted by Crippen LogP contribution is 2.39. The van der Waals surface area contributed by atoms with E-state index >= 15 is 0 Å². The molecular formula is C35H37ClFN5O4. The molecule has 0 radical (unpaired) electrons. The van der Waals surface area contributed by atoms with Crippen LogP contribution in [0, 0.1) is 12.7 Å². The lowest BCUT2D eigenvalue weighted by molar-refractivity contribution is -0.119. The van der Waals surface area contributed by atoms with Crippen LogP contribution in [-0.4, -0.2) is 54.8 Å². The standard InChI is InChI=1S/C35H37ClFN5O4/c1-21-26(4-3-5-30(21)42-35(45)28-10-6-22(16-29(28)37)18-38-14-15-43)27-12-13-40-34(33(27)36)23-7-8-24(31(17-23)46-2)19-39-20-25-9-11-32(44)41-25/h3-8,10,12-13,16-17,25,38-39,43H,9,11,14-15,18-20H2,1-2H3,(H,41,44)(H,42,45)/t25-/m1/s1. The highest BCUT2D eigenvalue weighted by Gasteiger charge is 2.21. The van der Waals surface area contributed by atoms with Gasteiger partial charge in [-0.05, 0) is 60.4 Å². The van der Waals surface area contributed by atoms with Crippen LogP contribution in [-0.2, 0) is 17.9 Å². The van der Waals surface area contributed by atoms with Gasteiger partial charge in [0.1, 0.15) is 11.6 Å². The molecule has 3 aromatic carbocycles. The average Bonchev–Trinajstić information content (AvgIpc) is 3.47. The number of pyridine rings is 1. The van der Waals surface area contributed by atoms with Crippen molar-refractivity contribution in [2.24, 2.45) is 0 Å². The molecule has 2 amide bonds. The van der Waals surface area contributed by atoms with Crippen molar-refractivity contribution in [2.45, 2.75) is 38.9 Å². The maximum Gasteiger partial charge on any atom is 0.258 e. The zero-order valence-corrected chi connectivity index (χ0v) is 26.5. The average molecular weight is 646 g/mol. The van der Waals surface area contributed by atoms with E-state index in [2.05, 4.69) is 26.3 Å². The van der Waals surface area contributed by atoms with Gasteiger partial charge in [0.25, 0.3) is 5.91 Å². The number of carbonyl (C=O) groups excluding carboxylic acids is 2. The second-order valence-electron chi connectivity index (χ2n) is 11.1. The molecule has 1 aliphatic heterocycles. The third-order valence-corrected chi connectivity index (χ3v) is 8.39. The van der Waals surface area contributed by atoms with Gasteiger partial charge in [-0.3, -0.25) is 14.6 Å². The van der Waals surface area contributed by atoms with Crippen molar-refractivity contribution in [1.82, 2.24) is 20.9 Å². The normalized spacial score (nSPS) is 14.3. The predicted molar refractivity (Wildman–Crippen MR) is 177 cm³/mol. The molecular weight excluding hydrogens is 609 g/mol. The number of aliphatic hydroxyl groups is 1. The van der Waals surface area contributed by atoms with Gasteiger partial charge < -0.3 is 31.1 Å². The fraction of sp³-hybridized carbons (Fsp3) is 0.286. The van der Waals surface area contributed by atoms with Crippen molar-refractivity contribution in [3.63, 3.8) is 0 Å². The molecule has 0 saturated carbocycles. The predicted octanol–water partition coefficient (Wildman–Crippen LogP) is 5.23. The van der Waals surface area contributed by atoms with Crippen molar-refractivity contribution in [3.8, 4) is 28.1 Å². The van der Waals surface area contributed by atoms with Crippen LogP contribution in [0.3, 0.4) is 0 Å². The number of anilines is 1. The number of nitrogens with zero attached hydrogens (tertiary/aromatic N) is 1. The lowest BCUT2D eigenvalue weighted by Crippen LogP contribution is -2.35. The summed E-state index contributed by atoms with van der Waals surface area (Å²) < 4.78 is 20.5. The van der Waals surface area contributed by atoms with Crippen LogP contribution in [0.5, 0.6) is 5.75 Å². The number of amides is 2. The number of ether oxygens (including phenoxy) is 1. The van der Waals surface area contributed by atoms with Crippen molar-refractivity contribution in [1.29, 1.82) is 0 Å². The highest BCUT2D eigenvalue weighted by atomic mass is 35.5. The number of rotatable bonds is 13. The van der Waals surface area contributed by atoms with Crippen molar-refractivity contribution in [2.75, 3.05) is 32.1 Å². The quantitative estimate of drug-likeness (QED) is 0.126. The number of carbonyl (C=O) groups is 2. The van der Waals surface area contributed by atoms with Gasteiger partial charge in [-0.2, -0.15) is 0 Å². The number of nitrogens with one attached hydrogen (secondary N) is 4. The summed E-state index contributed by atoms with van der Waals surface area (Å²) in [5.41, 5.74) is 5.74. The number of halogens is 2. The van der Waals surface area contributed by atoms with E-state index in [0.29, 0.717) is 60.3 Å². The van der Waals surface area contributed by atoms with Gasteiger partial charge in [-0.15, -0.1) is 0 Å². The van der Waals surface area contributed by atoms with Crippen molar-refractivity contribution in [3.05, 3.63) is 100.0 Å². The Morgan fingerprint density at radius 3 is 2.70 bits per heavy atom. The Hall–Kier alpha value is -4.35. The Bertz CT molecular complexity index is 1730. The molecule has 1 atom stereocenters. The van der Waals surface area contributed by atoms with Gasteiger partial charge >= 0.3 is 0 Å². The van der Waals surface area contributed by atoms with E-state index < -0.39 is 11.7 Å². The molecule has 46 heavy (non-hydrogen) atoms. The Morgan fingerprint density at radius 1 is 1.11 bits per heavy atom. The van der Waals surface area contributed by atoms with E-state index in [-0.39, 0.29) is 24.1 Å². The number of methoxy groups -OCH3 is 1.